The molecule has 0 aromatic heterocycles. The number of rotatable bonds is 51. The second-order valence-corrected chi connectivity index (χ2v) is 19.7. The van der Waals surface area contributed by atoms with Gasteiger partial charge in [0.05, 0.1) is 0 Å². The highest BCUT2D eigenvalue weighted by Crippen LogP contribution is 2.18. The summed E-state index contributed by atoms with van der Waals surface area (Å²) in [5.74, 6) is -0.0243. The van der Waals surface area contributed by atoms with E-state index in [1.54, 1.807) is 0 Å². The highest BCUT2D eigenvalue weighted by Gasteiger charge is 2.19. The van der Waals surface area contributed by atoms with Crippen LogP contribution in [0.25, 0.3) is 0 Å². The van der Waals surface area contributed by atoms with Crippen LogP contribution < -0.4 is 0 Å². The topological polar surface area (TPSA) is 78.9 Å². The van der Waals surface area contributed by atoms with Crippen LogP contribution in [0.1, 0.15) is 317 Å². The van der Waals surface area contributed by atoms with E-state index in [1.165, 1.54) is 212 Å². The van der Waals surface area contributed by atoms with Crippen LogP contribution in [0, 0.1) is 5.92 Å². The molecule has 0 aromatic rings. The second-order valence-electron chi connectivity index (χ2n) is 19.7. The van der Waals surface area contributed by atoms with Gasteiger partial charge in [0.1, 0.15) is 13.2 Å². The van der Waals surface area contributed by atoms with Gasteiger partial charge in [-0.3, -0.25) is 14.4 Å². The van der Waals surface area contributed by atoms with E-state index < -0.39 is 6.10 Å². The molecule has 0 rings (SSSR count). The molecule has 0 amide bonds. The molecule has 0 aliphatic rings. The maximum Gasteiger partial charge on any atom is 0.306 e. The lowest BCUT2D eigenvalue weighted by Crippen LogP contribution is -2.30. The highest BCUT2D eigenvalue weighted by atomic mass is 16.6. The summed E-state index contributed by atoms with van der Waals surface area (Å²) in [6.45, 7) is 9.03. The van der Waals surface area contributed by atoms with Crippen molar-refractivity contribution in [2.75, 3.05) is 13.2 Å². The first-order valence-corrected chi connectivity index (χ1v) is 27.9. The number of unbranched alkanes of at least 4 members (excludes halogenated alkanes) is 38. The molecule has 0 saturated carbocycles. The zero-order valence-electron chi connectivity index (χ0n) is 42.3. The van der Waals surface area contributed by atoms with E-state index in [0.717, 1.165) is 63.7 Å². The molecule has 0 aliphatic heterocycles. The zero-order valence-corrected chi connectivity index (χ0v) is 42.3. The van der Waals surface area contributed by atoms with Gasteiger partial charge in [0, 0.05) is 19.3 Å². The summed E-state index contributed by atoms with van der Waals surface area (Å²) in [4.78, 5) is 38.0. The van der Waals surface area contributed by atoms with Crippen LogP contribution in [-0.2, 0) is 28.6 Å². The fourth-order valence-corrected chi connectivity index (χ4v) is 8.57. The summed E-state index contributed by atoms with van der Waals surface area (Å²) in [5.41, 5.74) is 0. The van der Waals surface area contributed by atoms with Crippen LogP contribution in [0.2, 0.25) is 0 Å². The Morgan fingerprint density at radius 3 is 0.790 bits per heavy atom. The van der Waals surface area contributed by atoms with Gasteiger partial charge < -0.3 is 14.2 Å². The van der Waals surface area contributed by atoms with Crippen molar-refractivity contribution in [1.82, 2.24) is 0 Å². The first-order valence-electron chi connectivity index (χ1n) is 27.9. The lowest BCUT2D eigenvalue weighted by atomic mass is 10.0. The van der Waals surface area contributed by atoms with Gasteiger partial charge in [-0.2, -0.15) is 0 Å². The van der Waals surface area contributed by atoms with Crippen LogP contribution in [-0.4, -0.2) is 37.2 Å². The van der Waals surface area contributed by atoms with Crippen LogP contribution in [0.5, 0.6) is 0 Å². The molecular formula is C56H108O6. The number of hydrogen-bond donors (Lipinski definition) is 0. The molecule has 0 heterocycles. The Morgan fingerprint density at radius 1 is 0.306 bits per heavy atom. The number of ether oxygens (including phenoxy) is 3. The van der Waals surface area contributed by atoms with E-state index in [1.807, 2.05) is 0 Å². The lowest BCUT2D eigenvalue weighted by molar-refractivity contribution is -0.167. The van der Waals surface area contributed by atoms with Gasteiger partial charge >= 0.3 is 17.9 Å². The molecule has 0 N–H and O–H groups in total. The Bertz CT molecular complexity index is 933. The Kier molecular flexibility index (Phi) is 49.1. The quantitative estimate of drug-likeness (QED) is 0.0344. The molecule has 0 saturated heterocycles. The first kappa shape index (κ1) is 60.4. The van der Waals surface area contributed by atoms with E-state index in [4.69, 9.17) is 14.2 Å². The zero-order chi connectivity index (χ0) is 45.2. The van der Waals surface area contributed by atoms with Crippen molar-refractivity contribution < 1.29 is 28.6 Å². The normalized spacial score (nSPS) is 12.0. The van der Waals surface area contributed by atoms with Crippen molar-refractivity contribution >= 4 is 17.9 Å². The summed E-state index contributed by atoms with van der Waals surface area (Å²) in [7, 11) is 0. The Hall–Kier alpha value is -1.59. The maximum absolute atomic E-state index is 12.8. The predicted octanol–water partition coefficient (Wildman–Crippen LogP) is 18.2. The molecule has 0 spiro atoms. The predicted molar refractivity (Wildman–Crippen MR) is 266 cm³/mol. The van der Waals surface area contributed by atoms with Crippen molar-refractivity contribution in [3.63, 3.8) is 0 Å². The van der Waals surface area contributed by atoms with Gasteiger partial charge in [0.25, 0.3) is 0 Å². The van der Waals surface area contributed by atoms with Crippen molar-refractivity contribution in [3.05, 3.63) is 0 Å². The third-order valence-corrected chi connectivity index (χ3v) is 12.8. The SMILES string of the molecule is CCCCCCCCCCCCCCCCCCCCCC(=O)OC[C@H](COC(=O)CCCCCCCCCCCCCC)OC(=O)CCCCCCCCCCCCC(C)C. The molecule has 0 fully saturated rings. The molecule has 0 unspecified atom stereocenters. The van der Waals surface area contributed by atoms with E-state index in [0.29, 0.717) is 19.3 Å². The Labute approximate surface area is 387 Å². The van der Waals surface area contributed by atoms with E-state index in [9.17, 15) is 14.4 Å². The van der Waals surface area contributed by atoms with Crippen LogP contribution >= 0.6 is 0 Å². The largest absolute Gasteiger partial charge is 0.462 e. The molecule has 368 valence electrons. The van der Waals surface area contributed by atoms with Crippen molar-refractivity contribution in [3.8, 4) is 0 Å². The smallest absolute Gasteiger partial charge is 0.306 e. The third-order valence-electron chi connectivity index (χ3n) is 12.8. The molecule has 62 heavy (non-hydrogen) atoms. The Balaban J connectivity index is 4.25. The van der Waals surface area contributed by atoms with Gasteiger partial charge in [-0.05, 0) is 25.2 Å². The maximum atomic E-state index is 12.8. The summed E-state index contributed by atoms with van der Waals surface area (Å²) in [6, 6.07) is 0. The van der Waals surface area contributed by atoms with Crippen molar-refractivity contribution in [2.24, 2.45) is 5.92 Å². The van der Waals surface area contributed by atoms with E-state index in [2.05, 4.69) is 27.7 Å². The van der Waals surface area contributed by atoms with Gasteiger partial charge in [0.2, 0.25) is 0 Å². The minimum Gasteiger partial charge on any atom is -0.462 e. The third kappa shape index (κ3) is 49.4. The van der Waals surface area contributed by atoms with Gasteiger partial charge in [-0.1, -0.05) is 278 Å². The molecule has 0 aliphatic carbocycles. The molecule has 6 heteroatoms. The first-order chi connectivity index (χ1) is 30.4. The van der Waals surface area contributed by atoms with Crippen LogP contribution in [0.3, 0.4) is 0 Å². The molecule has 0 bridgehead atoms. The second kappa shape index (κ2) is 50.4. The summed E-state index contributed by atoms with van der Waals surface area (Å²) in [5, 5.41) is 0. The van der Waals surface area contributed by atoms with Gasteiger partial charge in [-0.15, -0.1) is 0 Å². The van der Waals surface area contributed by atoms with Crippen LogP contribution in [0.15, 0.2) is 0 Å². The number of hydrogen-bond acceptors (Lipinski definition) is 6. The number of carbonyl (C=O) groups is 3. The van der Waals surface area contributed by atoms with Crippen LogP contribution in [0.4, 0.5) is 0 Å². The average Bonchev–Trinajstić information content (AvgIpc) is 3.26. The van der Waals surface area contributed by atoms with Gasteiger partial charge in [-0.25, -0.2) is 0 Å². The molecule has 1 atom stereocenters. The van der Waals surface area contributed by atoms with Crippen molar-refractivity contribution in [1.29, 1.82) is 0 Å². The standard InChI is InChI=1S/C56H108O6/c1-5-7-9-11-13-15-17-19-20-21-22-23-24-25-27-32-36-40-44-48-55(58)61-51-53(50-60-54(57)47-43-39-35-31-26-18-16-14-12-10-8-6-2)62-56(59)49-45-41-37-33-29-28-30-34-38-42-46-52(3)4/h52-53H,5-51H2,1-4H3/t53-/m0/s1. The number of carbonyl (C=O) groups excluding carboxylic acids is 3. The van der Waals surface area contributed by atoms with E-state index >= 15 is 0 Å². The summed E-state index contributed by atoms with van der Waals surface area (Å²) < 4.78 is 16.8. The molecule has 6 nitrogen and oxygen atoms in total. The highest BCUT2D eigenvalue weighted by molar-refractivity contribution is 5.71. The Morgan fingerprint density at radius 2 is 0.532 bits per heavy atom. The molecular weight excluding hydrogens is 769 g/mol. The minimum absolute atomic E-state index is 0.0624. The summed E-state index contributed by atoms with van der Waals surface area (Å²) in [6.07, 6.45) is 53.8. The van der Waals surface area contributed by atoms with Crippen molar-refractivity contribution in [2.45, 2.75) is 323 Å². The molecule has 0 radical (unpaired) electrons. The number of esters is 3. The fourth-order valence-electron chi connectivity index (χ4n) is 8.57. The summed E-state index contributed by atoms with van der Waals surface area (Å²) >= 11 is 0. The van der Waals surface area contributed by atoms with E-state index in [-0.39, 0.29) is 31.1 Å². The average molecular weight is 877 g/mol. The minimum atomic E-state index is -0.761. The van der Waals surface area contributed by atoms with Gasteiger partial charge in [0.15, 0.2) is 6.10 Å². The monoisotopic (exact) mass is 877 g/mol. The lowest BCUT2D eigenvalue weighted by Gasteiger charge is -2.18. The molecule has 0 aromatic carbocycles. The fraction of sp³-hybridized carbons (Fsp3) is 0.946.